The Morgan fingerprint density at radius 3 is 3.11 bits per heavy atom. The lowest BCUT2D eigenvalue weighted by Crippen LogP contribution is -2.20. The zero-order chi connectivity index (χ0) is 12.4. The minimum Gasteiger partial charge on any atom is -0.472 e. The van der Waals surface area contributed by atoms with Gasteiger partial charge in [0, 0.05) is 18.3 Å². The second kappa shape index (κ2) is 4.62. The van der Waals surface area contributed by atoms with Gasteiger partial charge in [0.1, 0.15) is 0 Å². The highest BCUT2D eigenvalue weighted by molar-refractivity contribution is 5.37. The van der Waals surface area contributed by atoms with Crippen LogP contribution in [0.25, 0.3) is 5.65 Å². The SMILES string of the molecule is CC(NCc1ccoc1)c1nnc2ccccn12. The monoisotopic (exact) mass is 242 g/mol. The molecule has 1 unspecified atom stereocenters. The van der Waals surface area contributed by atoms with Gasteiger partial charge in [0.2, 0.25) is 0 Å². The molecule has 0 aliphatic heterocycles. The zero-order valence-electron chi connectivity index (χ0n) is 10.1. The number of furan rings is 1. The van der Waals surface area contributed by atoms with Crippen LogP contribution in [-0.4, -0.2) is 14.6 Å². The molecule has 0 amide bonds. The van der Waals surface area contributed by atoms with E-state index in [0.29, 0.717) is 0 Å². The van der Waals surface area contributed by atoms with Gasteiger partial charge >= 0.3 is 0 Å². The van der Waals surface area contributed by atoms with Crippen molar-refractivity contribution in [2.45, 2.75) is 19.5 Å². The fourth-order valence-electron chi connectivity index (χ4n) is 1.91. The molecule has 3 rings (SSSR count). The average molecular weight is 242 g/mol. The van der Waals surface area contributed by atoms with Gasteiger partial charge in [0.15, 0.2) is 11.5 Å². The van der Waals surface area contributed by atoms with Gasteiger partial charge in [-0.1, -0.05) is 6.07 Å². The van der Waals surface area contributed by atoms with E-state index in [9.17, 15) is 0 Å². The summed E-state index contributed by atoms with van der Waals surface area (Å²) in [7, 11) is 0. The fraction of sp³-hybridized carbons (Fsp3) is 0.231. The standard InChI is InChI=1S/C13H14N4O/c1-10(14-8-11-5-7-18-9-11)13-16-15-12-4-2-3-6-17(12)13/h2-7,9-10,14H,8H2,1H3. The molecular formula is C13H14N4O. The number of rotatable bonds is 4. The summed E-state index contributed by atoms with van der Waals surface area (Å²) in [5, 5.41) is 11.8. The average Bonchev–Trinajstić information content (AvgIpc) is 3.05. The van der Waals surface area contributed by atoms with Crippen LogP contribution in [0.2, 0.25) is 0 Å². The summed E-state index contributed by atoms with van der Waals surface area (Å²) in [5.41, 5.74) is 1.99. The van der Waals surface area contributed by atoms with Crippen LogP contribution in [0.15, 0.2) is 47.4 Å². The van der Waals surface area contributed by atoms with E-state index in [1.807, 2.05) is 34.9 Å². The summed E-state index contributed by atoms with van der Waals surface area (Å²) in [5.74, 6) is 0.911. The molecule has 3 aromatic rings. The van der Waals surface area contributed by atoms with E-state index in [0.717, 1.165) is 23.6 Å². The van der Waals surface area contributed by atoms with Gasteiger partial charge in [-0.3, -0.25) is 4.40 Å². The summed E-state index contributed by atoms with van der Waals surface area (Å²) < 4.78 is 7.03. The van der Waals surface area contributed by atoms with Crippen LogP contribution >= 0.6 is 0 Å². The number of nitrogens with one attached hydrogen (secondary N) is 1. The molecule has 92 valence electrons. The van der Waals surface area contributed by atoms with E-state index in [4.69, 9.17) is 4.42 Å². The summed E-state index contributed by atoms with van der Waals surface area (Å²) in [6.07, 6.45) is 5.39. The van der Waals surface area contributed by atoms with Crippen LogP contribution in [0, 0.1) is 0 Å². The molecule has 3 aromatic heterocycles. The highest BCUT2D eigenvalue weighted by atomic mass is 16.3. The van der Waals surface area contributed by atoms with Crippen LogP contribution in [0.3, 0.4) is 0 Å². The molecule has 3 heterocycles. The van der Waals surface area contributed by atoms with Crippen molar-refractivity contribution in [3.8, 4) is 0 Å². The lowest BCUT2D eigenvalue weighted by Gasteiger charge is -2.11. The highest BCUT2D eigenvalue weighted by Gasteiger charge is 2.12. The third-order valence-corrected chi connectivity index (χ3v) is 2.92. The molecule has 1 atom stereocenters. The molecule has 0 radical (unpaired) electrons. The van der Waals surface area contributed by atoms with Crippen molar-refractivity contribution in [3.63, 3.8) is 0 Å². The first-order chi connectivity index (χ1) is 8.84. The second-order valence-corrected chi connectivity index (χ2v) is 4.22. The molecule has 0 bridgehead atoms. The Labute approximate surface area is 104 Å². The van der Waals surface area contributed by atoms with Gasteiger partial charge in [-0.25, -0.2) is 0 Å². The van der Waals surface area contributed by atoms with Gasteiger partial charge in [0.25, 0.3) is 0 Å². The quantitative estimate of drug-likeness (QED) is 0.761. The molecule has 0 saturated heterocycles. The van der Waals surface area contributed by atoms with Crippen molar-refractivity contribution >= 4 is 5.65 Å². The molecule has 0 aliphatic rings. The number of aromatic nitrogens is 3. The molecule has 0 aliphatic carbocycles. The molecule has 5 heteroatoms. The van der Waals surface area contributed by atoms with Crippen molar-refractivity contribution in [1.82, 2.24) is 19.9 Å². The van der Waals surface area contributed by atoms with Gasteiger partial charge in [-0.15, -0.1) is 10.2 Å². The van der Waals surface area contributed by atoms with E-state index in [1.165, 1.54) is 0 Å². The van der Waals surface area contributed by atoms with Crippen molar-refractivity contribution in [3.05, 3.63) is 54.4 Å². The smallest absolute Gasteiger partial charge is 0.160 e. The molecule has 5 nitrogen and oxygen atoms in total. The van der Waals surface area contributed by atoms with E-state index in [-0.39, 0.29) is 6.04 Å². The van der Waals surface area contributed by atoms with Gasteiger partial charge < -0.3 is 9.73 Å². The molecule has 0 spiro atoms. The number of pyridine rings is 1. The second-order valence-electron chi connectivity index (χ2n) is 4.22. The molecular weight excluding hydrogens is 228 g/mol. The maximum Gasteiger partial charge on any atom is 0.160 e. The minimum absolute atomic E-state index is 0.122. The Kier molecular flexibility index (Phi) is 2.82. The Bertz CT molecular complexity index is 629. The van der Waals surface area contributed by atoms with Crippen LogP contribution in [0.4, 0.5) is 0 Å². The molecule has 0 fully saturated rings. The Balaban J connectivity index is 1.77. The third-order valence-electron chi connectivity index (χ3n) is 2.92. The Hall–Kier alpha value is -2.14. The predicted octanol–water partition coefficient (Wildman–Crippen LogP) is 2.17. The number of fused-ring (bicyclic) bond motifs is 1. The van der Waals surface area contributed by atoms with E-state index in [1.54, 1.807) is 12.5 Å². The third kappa shape index (κ3) is 2.00. The molecule has 1 N–H and O–H groups in total. The van der Waals surface area contributed by atoms with Crippen molar-refractivity contribution < 1.29 is 4.42 Å². The summed E-state index contributed by atoms with van der Waals surface area (Å²) in [6, 6.07) is 7.94. The Morgan fingerprint density at radius 1 is 1.33 bits per heavy atom. The topological polar surface area (TPSA) is 55.4 Å². The van der Waals surface area contributed by atoms with Gasteiger partial charge in [-0.05, 0) is 25.1 Å². The summed E-state index contributed by atoms with van der Waals surface area (Å²) in [4.78, 5) is 0. The van der Waals surface area contributed by atoms with Gasteiger partial charge in [0.05, 0.1) is 18.6 Å². The lowest BCUT2D eigenvalue weighted by molar-refractivity contribution is 0.529. The fourth-order valence-corrected chi connectivity index (χ4v) is 1.91. The van der Waals surface area contributed by atoms with E-state index < -0.39 is 0 Å². The zero-order valence-corrected chi connectivity index (χ0v) is 10.1. The normalized spacial score (nSPS) is 12.9. The number of hydrogen-bond acceptors (Lipinski definition) is 4. The summed E-state index contributed by atoms with van der Waals surface area (Å²) >= 11 is 0. The Morgan fingerprint density at radius 2 is 2.28 bits per heavy atom. The highest BCUT2D eigenvalue weighted by Crippen LogP contribution is 2.12. The maximum absolute atomic E-state index is 5.03. The van der Waals surface area contributed by atoms with Crippen LogP contribution in [0.1, 0.15) is 24.4 Å². The van der Waals surface area contributed by atoms with Crippen LogP contribution in [-0.2, 0) is 6.54 Å². The van der Waals surface area contributed by atoms with E-state index >= 15 is 0 Å². The lowest BCUT2D eigenvalue weighted by atomic mass is 10.2. The van der Waals surface area contributed by atoms with Crippen LogP contribution < -0.4 is 5.32 Å². The molecule has 0 aromatic carbocycles. The first-order valence-corrected chi connectivity index (χ1v) is 5.89. The first kappa shape index (κ1) is 11.0. The van der Waals surface area contributed by atoms with E-state index in [2.05, 4.69) is 22.4 Å². The largest absolute Gasteiger partial charge is 0.472 e. The molecule has 0 saturated carbocycles. The number of hydrogen-bond donors (Lipinski definition) is 1. The maximum atomic E-state index is 5.03. The van der Waals surface area contributed by atoms with Crippen LogP contribution in [0.5, 0.6) is 0 Å². The minimum atomic E-state index is 0.122. The summed E-state index contributed by atoms with van der Waals surface area (Å²) in [6.45, 7) is 2.82. The van der Waals surface area contributed by atoms with Crippen molar-refractivity contribution in [2.24, 2.45) is 0 Å². The molecule has 18 heavy (non-hydrogen) atoms. The number of nitrogens with zero attached hydrogens (tertiary/aromatic N) is 3. The predicted molar refractivity (Wildman–Crippen MR) is 66.9 cm³/mol. The van der Waals surface area contributed by atoms with Gasteiger partial charge in [-0.2, -0.15) is 0 Å². The first-order valence-electron chi connectivity index (χ1n) is 5.89. The van der Waals surface area contributed by atoms with Crippen molar-refractivity contribution in [1.29, 1.82) is 0 Å². The van der Waals surface area contributed by atoms with Crippen molar-refractivity contribution in [2.75, 3.05) is 0 Å².